The second-order valence-corrected chi connectivity index (χ2v) is 2.88. The molecule has 1 aliphatic rings. The first-order valence-electron chi connectivity index (χ1n) is 3.66. The highest BCUT2D eigenvalue weighted by atomic mass is 16.2. The van der Waals surface area contributed by atoms with E-state index in [1.54, 1.807) is 6.92 Å². The van der Waals surface area contributed by atoms with E-state index in [1.807, 2.05) is 0 Å². The van der Waals surface area contributed by atoms with Gasteiger partial charge in [0.25, 0.3) is 0 Å². The van der Waals surface area contributed by atoms with Crippen molar-refractivity contribution in [2.45, 2.75) is 13.3 Å². The van der Waals surface area contributed by atoms with Crippen LogP contribution in [0.1, 0.15) is 13.3 Å². The molecule has 0 aromatic carbocycles. The molecule has 0 N–H and O–H groups in total. The molecule has 0 bridgehead atoms. The predicted octanol–water partition coefficient (Wildman–Crippen LogP) is 0.186. The largest absolute Gasteiger partial charge is 0.352 e. The maximum Gasteiger partial charge on any atom is 0.200 e. The van der Waals surface area contributed by atoms with Crippen molar-refractivity contribution in [3.63, 3.8) is 0 Å². The number of hydrogen-bond donors (Lipinski definition) is 0. The van der Waals surface area contributed by atoms with Crippen LogP contribution >= 0.6 is 0 Å². The van der Waals surface area contributed by atoms with E-state index in [0.717, 1.165) is 6.42 Å². The summed E-state index contributed by atoms with van der Waals surface area (Å²) < 4.78 is 0. The Balaban J connectivity index is 2.47. The van der Waals surface area contributed by atoms with Crippen molar-refractivity contribution in [2.24, 2.45) is 5.92 Å². The third-order valence-electron chi connectivity index (χ3n) is 2.07. The monoisotopic (exact) mass is 151 g/mol. The highest BCUT2D eigenvalue weighted by molar-refractivity contribution is 6.56. The van der Waals surface area contributed by atoms with E-state index in [-0.39, 0.29) is 11.7 Å². The lowest BCUT2D eigenvalue weighted by atomic mass is 10.1. The summed E-state index contributed by atoms with van der Waals surface area (Å²) in [5.41, 5.74) is 0. The highest BCUT2D eigenvalue weighted by Crippen LogP contribution is 2.16. The Bertz CT molecular complexity index is 173. The number of ketones is 1. The fourth-order valence-electron chi connectivity index (χ4n) is 1.29. The highest BCUT2D eigenvalue weighted by Gasteiger charge is 2.26. The second-order valence-electron chi connectivity index (χ2n) is 2.88. The zero-order valence-corrected chi connectivity index (χ0v) is 6.54. The van der Waals surface area contributed by atoms with Crippen molar-refractivity contribution in [1.29, 1.82) is 0 Å². The lowest BCUT2D eigenvalue weighted by molar-refractivity contribution is -0.120. The van der Waals surface area contributed by atoms with Crippen LogP contribution in [-0.4, -0.2) is 37.4 Å². The van der Waals surface area contributed by atoms with Crippen LogP contribution in [0, 0.1) is 5.92 Å². The van der Waals surface area contributed by atoms with Gasteiger partial charge in [-0.1, -0.05) is 0 Å². The van der Waals surface area contributed by atoms with Gasteiger partial charge in [0, 0.05) is 19.0 Å². The summed E-state index contributed by atoms with van der Waals surface area (Å²) in [6.45, 7) is 2.68. The minimum atomic E-state index is -0.422. The average molecular weight is 151 g/mol. The molecule has 0 aromatic heterocycles. The maximum atomic E-state index is 10.8. The topological polar surface area (TPSA) is 37.4 Å². The molecular formula is C7H10BNO2. The summed E-state index contributed by atoms with van der Waals surface area (Å²) in [6, 6.07) is 0. The van der Waals surface area contributed by atoms with E-state index in [9.17, 15) is 9.59 Å². The van der Waals surface area contributed by atoms with E-state index in [0.29, 0.717) is 13.1 Å². The molecule has 0 saturated carbocycles. The number of likely N-dealkylation sites (tertiary alicyclic amines) is 1. The molecule has 2 radical (unpaired) electrons. The van der Waals surface area contributed by atoms with Gasteiger partial charge >= 0.3 is 0 Å². The van der Waals surface area contributed by atoms with Gasteiger partial charge in [-0.2, -0.15) is 0 Å². The van der Waals surface area contributed by atoms with Crippen LogP contribution in [-0.2, 0) is 4.79 Å². The lowest BCUT2D eigenvalue weighted by Gasteiger charge is -2.12. The van der Waals surface area contributed by atoms with Crippen LogP contribution in [0.3, 0.4) is 0 Å². The van der Waals surface area contributed by atoms with Gasteiger partial charge in [-0.15, -0.1) is 0 Å². The molecule has 1 rings (SSSR count). The SMILES string of the molecule is [B]C(=O)N1CCC(C(C)=O)C1. The molecule has 1 fully saturated rings. The fraction of sp³-hybridized carbons (Fsp3) is 0.714. The van der Waals surface area contributed by atoms with Crippen molar-refractivity contribution in [1.82, 2.24) is 4.90 Å². The van der Waals surface area contributed by atoms with Crippen LogP contribution < -0.4 is 0 Å². The van der Waals surface area contributed by atoms with E-state index in [2.05, 4.69) is 0 Å². The van der Waals surface area contributed by atoms with Crippen LogP contribution in [0.4, 0.5) is 4.79 Å². The smallest absolute Gasteiger partial charge is 0.200 e. The van der Waals surface area contributed by atoms with E-state index in [1.165, 1.54) is 4.90 Å². The third-order valence-corrected chi connectivity index (χ3v) is 2.07. The predicted molar refractivity (Wildman–Crippen MR) is 41.5 cm³/mol. The maximum absolute atomic E-state index is 10.8. The Labute approximate surface area is 67.2 Å². The lowest BCUT2D eigenvalue weighted by Crippen LogP contribution is -2.28. The third kappa shape index (κ3) is 1.82. The van der Waals surface area contributed by atoms with Crippen LogP contribution in [0.25, 0.3) is 0 Å². The quantitative estimate of drug-likeness (QED) is 0.501. The number of rotatable bonds is 1. The van der Waals surface area contributed by atoms with Gasteiger partial charge in [0.05, 0.1) is 0 Å². The van der Waals surface area contributed by atoms with Crippen molar-refractivity contribution in [3.05, 3.63) is 0 Å². The molecule has 1 aliphatic heterocycles. The Morgan fingerprint density at radius 3 is 2.45 bits per heavy atom. The van der Waals surface area contributed by atoms with Gasteiger partial charge in [-0.05, 0) is 13.3 Å². The van der Waals surface area contributed by atoms with Crippen molar-refractivity contribution < 1.29 is 9.59 Å². The molecule has 4 heteroatoms. The van der Waals surface area contributed by atoms with Crippen LogP contribution in [0.2, 0.25) is 0 Å². The molecule has 11 heavy (non-hydrogen) atoms. The van der Waals surface area contributed by atoms with Gasteiger partial charge in [-0.25, -0.2) is 0 Å². The number of hydrogen-bond acceptors (Lipinski definition) is 2. The Morgan fingerprint density at radius 1 is 1.55 bits per heavy atom. The van der Waals surface area contributed by atoms with E-state index in [4.69, 9.17) is 7.85 Å². The summed E-state index contributed by atoms with van der Waals surface area (Å²) in [5.74, 6) is -0.259. The summed E-state index contributed by atoms with van der Waals surface area (Å²) in [4.78, 5) is 22.9. The van der Waals surface area contributed by atoms with Gasteiger partial charge in [-0.3, -0.25) is 9.59 Å². The van der Waals surface area contributed by atoms with Crippen molar-refractivity contribution >= 4 is 19.4 Å². The van der Waals surface area contributed by atoms with Gasteiger partial charge in [0.2, 0.25) is 7.85 Å². The van der Waals surface area contributed by atoms with Crippen molar-refractivity contribution in [3.8, 4) is 0 Å². The minimum Gasteiger partial charge on any atom is -0.352 e. The molecule has 0 aromatic rings. The first-order valence-corrected chi connectivity index (χ1v) is 3.66. The molecule has 1 amide bonds. The average Bonchev–Trinajstić information content (AvgIpc) is 2.33. The first kappa shape index (κ1) is 8.30. The molecule has 0 spiro atoms. The fourth-order valence-corrected chi connectivity index (χ4v) is 1.29. The summed E-state index contributed by atoms with van der Waals surface area (Å²) >= 11 is 0. The van der Waals surface area contributed by atoms with Crippen LogP contribution in [0.15, 0.2) is 0 Å². The van der Waals surface area contributed by atoms with Gasteiger partial charge in [0.15, 0.2) is 5.81 Å². The molecule has 1 heterocycles. The van der Waals surface area contributed by atoms with Gasteiger partial charge in [0.1, 0.15) is 5.78 Å². The van der Waals surface area contributed by atoms with Gasteiger partial charge < -0.3 is 4.90 Å². The Morgan fingerprint density at radius 2 is 2.18 bits per heavy atom. The zero-order valence-electron chi connectivity index (χ0n) is 6.54. The molecule has 58 valence electrons. The number of carbonyl (C=O) groups excluding carboxylic acids is 2. The van der Waals surface area contributed by atoms with Crippen molar-refractivity contribution in [2.75, 3.05) is 13.1 Å². The summed E-state index contributed by atoms with van der Waals surface area (Å²) in [5, 5.41) is 0. The summed E-state index contributed by atoms with van der Waals surface area (Å²) in [7, 11) is 5.04. The minimum absolute atomic E-state index is 0.0162. The first-order chi connectivity index (χ1) is 5.11. The van der Waals surface area contributed by atoms with E-state index < -0.39 is 5.81 Å². The molecule has 1 atom stereocenters. The molecule has 0 aliphatic carbocycles. The number of Topliss-reactive ketones (excluding diaryl/α,β-unsaturated/α-hetero) is 1. The number of nitrogens with zero attached hydrogens (tertiary/aromatic N) is 1. The molecular weight excluding hydrogens is 141 g/mol. The standard InChI is InChI=1S/C7H10BNO2/c1-5(10)6-2-3-9(4-6)7(8)11/h6H,2-4H2,1H3. The Kier molecular flexibility index (Phi) is 2.32. The normalized spacial score (nSPS) is 23.7. The second kappa shape index (κ2) is 3.07. The zero-order chi connectivity index (χ0) is 8.43. The Hall–Kier alpha value is -0.795. The molecule has 3 nitrogen and oxygen atoms in total. The number of amides is 1. The van der Waals surface area contributed by atoms with Crippen LogP contribution in [0.5, 0.6) is 0 Å². The molecule has 1 saturated heterocycles. The summed E-state index contributed by atoms with van der Waals surface area (Å²) in [6.07, 6.45) is 0.762. The molecule has 1 unspecified atom stereocenters. The van der Waals surface area contributed by atoms with E-state index >= 15 is 0 Å². The number of carbonyl (C=O) groups is 2.